The number of aliphatic hydroxyl groups is 1. The fraction of sp³-hybridized carbons (Fsp3) is 0.300. The average molecular weight is 369 g/mol. The quantitative estimate of drug-likeness (QED) is 0.776. The van der Waals surface area contributed by atoms with Crippen LogP contribution in [0.3, 0.4) is 0 Å². The molecule has 140 valence electrons. The van der Waals surface area contributed by atoms with Crippen molar-refractivity contribution in [3.05, 3.63) is 54.1 Å². The summed E-state index contributed by atoms with van der Waals surface area (Å²) in [4.78, 5) is 26.2. The summed E-state index contributed by atoms with van der Waals surface area (Å²) in [6.45, 7) is 0.624. The third-order valence-electron chi connectivity index (χ3n) is 5.14. The molecule has 2 aromatic rings. The van der Waals surface area contributed by atoms with Crippen LogP contribution in [0.15, 0.2) is 48.5 Å². The number of fused-ring (bicyclic) bond motifs is 1. The number of carbonyl (C=O) groups is 2. The highest BCUT2D eigenvalue weighted by atomic mass is 16.7. The first-order valence-corrected chi connectivity index (χ1v) is 8.69. The maximum Gasteiger partial charge on any atom is 0.308 e. The van der Waals surface area contributed by atoms with Crippen molar-refractivity contribution in [2.24, 2.45) is 11.8 Å². The molecular formula is C20H19NO6. The number of rotatable bonds is 5. The van der Waals surface area contributed by atoms with Crippen LogP contribution < -0.4 is 14.4 Å². The molecule has 0 aromatic heterocycles. The fourth-order valence-corrected chi connectivity index (χ4v) is 3.67. The molecule has 0 aliphatic carbocycles. The van der Waals surface area contributed by atoms with Crippen molar-refractivity contribution in [2.75, 3.05) is 24.8 Å². The lowest BCUT2D eigenvalue weighted by Crippen LogP contribution is -2.37. The third kappa shape index (κ3) is 3.21. The molecule has 3 atom stereocenters. The summed E-state index contributed by atoms with van der Waals surface area (Å²) in [5.74, 6) is -1.80. The van der Waals surface area contributed by atoms with E-state index >= 15 is 0 Å². The zero-order chi connectivity index (χ0) is 19.0. The van der Waals surface area contributed by atoms with Crippen LogP contribution in [0.4, 0.5) is 5.69 Å². The molecule has 0 spiro atoms. The normalized spacial score (nSPS) is 21.9. The van der Waals surface area contributed by atoms with Crippen molar-refractivity contribution in [1.29, 1.82) is 0 Å². The fourth-order valence-electron chi connectivity index (χ4n) is 3.67. The Morgan fingerprint density at radius 2 is 1.78 bits per heavy atom. The van der Waals surface area contributed by atoms with E-state index < -0.39 is 29.7 Å². The van der Waals surface area contributed by atoms with E-state index in [4.69, 9.17) is 9.47 Å². The largest absolute Gasteiger partial charge is 0.481 e. The van der Waals surface area contributed by atoms with E-state index in [2.05, 4.69) is 0 Å². The van der Waals surface area contributed by atoms with Crippen LogP contribution in [0.2, 0.25) is 0 Å². The van der Waals surface area contributed by atoms with Gasteiger partial charge >= 0.3 is 5.97 Å². The molecule has 0 saturated carbocycles. The van der Waals surface area contributed by atoms with Crippen molar-refractivity contribution in [1.82, 2.24) is 0 Å². The van der Waals surface area contributed by atoms with Gasteiger partial charge in [0.1, 0.15) is 6.10 Å². The molecule has 1 fully saturated rings. The molecular weight excluding hydrogens is 350 g/mol. The first-order valence-electron chi connectivity index (χ1n) is 8.69. The SMILES string of the molecule is O=C(c1ccccc1)C(O)C1CN(c2ccc3c(c2)OCO3)CC1C(=O)O. The van der Waals surface area contributed by atoms with Crippen LogP contribution in [0.25, 0.3) is 0 Å². The molecule has 0 bridgehead atoms. The number of carboxylic acids is 1. The summed E-state index contributed by atoms with van der Waals surface area (Å²) in [7, 11) is 0. The Kier molecular flexibility index (Phi) is 4.45. The van der Waals surface area contributed by atoms with Crippen molar-refractivity contribution < 1.29 is 29.3 Å². The smallest absolute Gasteiger partial charge is 0.308 e. The number of aliphatic hydroxyl groups excluding tert-OH is 1. The summed E-state index contributed by atoms with van der Waals surface area (Å²) in [6, 6.07) is 13.8. The molecule has 2 N–H and O–H groups in total. The molecule has 3 unspecified atom stereocenters. The van der Waals surface area contributed by atoms with Gasteiger partial charge in [-0.25, -0.2) is 0 Å². The number of hydrogen-bond acceptors (Lipinski definition) is 6. The van der Waals surface area contributed by atoms with Gasteiger partial charge in [0.25, 0.3) is 0 Å². The molecule has 1 saturated heterocycles. The average Bonchev–Trinajstić information content (AvgIpc) is 3.34. The Hall–Kier alpha value is -3.06. The van der Waals surface area contributed by atoms with Crippen molar-refractivity contribution in [3.63, 3.8) is 0 Å². The molecule has 4 rings (SSSR count). The zero-order valence-electron chi connectivity index (χ0n) is 14.4. The predicted molar refractivity (Wildman–Crippen MR) is 96.2 cm³/mol. The van der Waals surface area contributed by atoms with E-state index in [1.807, 2.05) is 11.0 Å². The third-order valence-corrected chi connectivity index (χ3v) is 5.14. The van der Waals surface area contributed by atoms with E-state index in [1.165, 1.54) is 0 Å². The van der Waals surface area contributed by atoms with E-state index in [0.717, 1.165) is 5.69 Å². The van der Waals surface area contributed by atoms with Gasteiger partial charge in [-0.2, -0.15) is 0 Å². The highest BCUT2D eigenvalue weighted by Crippen LogP contribution is 2.38. The minimum Gasteiger partial charge on any atom is -0.481 e. The molecule has 2 aromatic carbocycles. The Morgan fingerprint density at radius 3 is 2.52 bits per heavy atom. The van der Waals surface area contributed by atoms with Gasteiger partial charge in [-0.15, -0.1) is 0 Å². The monoisotopic (exact) mass is 369 g/mol. The van der Waals surface area contributed by atoms with Crippen LogP contribution in [-0.4, -0.2) is 48.0 Å². The van der Waals surface area contributed by atoms with Gasteiger partial charge in [0.05, 0.1) is 5.92 Å². The standard InChI is InChI=1S/C20H19NO6/c22-18(12-4-2-1-3-5-12)19(23)14-9-21(10-15(14)20(24)25)13-6-7-16-17(8-13)27-11-26-16/h1-8,14-15,19,23H,9-11H2,(H,24,25). The number of ether oxygens (including phenoxy) is 2. The lowest BCUT2D eigenvalue weighted by atomic mass is 9.87. The Balaban J connectivity index is 1.57. The van der Waals surface area contributed by atoms with Gasteiger partial charge in [-0.3, -0.25) is 9.59 Å². The zero-order valence-corrected chi connectivity index (χ0v) is 14.4. The highest BCUT2D eigenvalue weighted by Gasteiger charge is 2.44. The summed E-state index contributed by atoms with van der Waals surface area (Å²) in [5.41, 5.74) is 1.14. The number of aliphatic carboxylic acids is 1. The highest BCUT2D eigenvalue weighted by molar-refractivity contribution is 6.00. The summed E-state index contributed by atoms with van der Waals surface area (Å²) >= 11 is 0. The topological polar surface area (TPSA) is 96.3 Å². The molecule has 2 heterocycles. The lowest BCUT2D eigenvalue weighted by molar-refractivity contribution is -0.143. The number of anilines is 1. The van der Waals surface area contributed by atoms with Crippen molar-refractivity contribution in [3.8, 4) is 11.5 Å². The van der Waals surface area contributed by atoms with Crippen molar-refractivity contribution in [2.45, 2.75) is 6.10 Å². The van der Waals surface area contributed by atoms with Gasteiger partial charge in [0.15, 0.2) is 17.3 Å². The molecule has 2 aliphatic heterocycles. The van der Waals surface area contributed by atoms with E-state index in [-0.39, 0.29) is 19.9 Å². The Bertz CT molecular complexity index is 868. The first kappa shape index (κ1) is 17.4. The molecule has 2 aliphatic rings. The van der Waals surface area contributed by atoms with Gasteiger partial charge in [0.2, 0.25) is 6.79 Å². The summed E-state index contributed by atoms with van der Waals surface area (Å²) < 4.78 is 10.7. The summed E-state index contributed by atoms with van der Waals surface area (Å²) in [5, 5.41) is 20.2. The Morgan fingerprint density at radius 1 is 1.04 bits per heavy atom. The van der Waals surface area contributed by atoms with Crippen LogP contribution in [0.1, 0.15) is 10.4 Å². The van der Waals surface area contributed by atoms with Crippen LogP contribution in [0, 0.1) is 11.8 Å². The van der Waals surface area contributed by atoms with E-state index in [0.29, 0.717) is 17.1 Å². The van der Waals surface area contributed by atoms with Gasteiger partial charge in [0, 0.05) is 36.3 Å². The van der Waals surface area contributed by atoms with Gasteiger partial charge < -0.3 is 24.6 Å². The second kappa shape index (κ2) is 6.92. The summed E-state index contributed by atoms with van der Waals surface area (Å²) in [6.07, 6.45) is -1.38. The number of ketones is 1. The maximum atomic E-state index is 12.6. The number of Topliss-reactive ketones (excluding diaryl/α,β-unsaturated/α-hetero) is 1. The molecule has 0 amide bonds. The lowest BCUT2D eigenvalue weighted by Gasteiger charge is -2.21. The minimum atomic E-state index is -1.38. The van der Waals surface area contributed by atoms with Gasteiger partial charge in [-0.1, -0.05) is 30.3 Å². The van der Waals surface area contributed by atoms with Crippen LogP contribution in [0.5, 0.6) is 11.5 Å². The number of nitrogens with zero attached hydrogens (tertiary/aromatic N) is 1. The number of carbonyl (C=O) groups excluding carboxylic acids is 1. The Labute approximate surface area is 155 Å². The molecule has 0 radical (unpaired) electrons. The maximum absolute atomic E-state index is 12.6. The van der Waals surface area contributed by atoms with Gasteiger partial charge in [-0.05, 0) is 12.1 Å². The number of carboxylic acid groups (broad SMARTS) is 1. The van der Waals surface area contributed by atoms with Crippen LogP contribution >= 0.6 is 0 Å². The molecule has 7 heteroatoms. The second-order valence-electron chi connectivity index (χ2n) is 6.73. The predicted octanol–water partition coefficient (Wildman–Crippen LogP) is 1.80. The second-order valence-corrected chi connectivity index (χ2v) is 6.73. The van der Waals surface area contributed by atoms with Crippen LogP contribution in [-0.2, 0) is 4.79 Å². The van der Waals surface area contributed by atoms with E-state index in [1.54, 1.807) is 42.5 Å². The van der Waals surface area contributed by atoms with Crippen molar-refractivity contribution >= 4 is 17.4 Å². The molecule has 27 heavy (non-hydrogen) atoms. The minimum absolute atomic E-state index is 0.156. The number of hydrogen-bond donors (Lipinski definition) is 2. The first-order chi connectivity index (χ1) is 13.0. The molecule has 7 nitrogen and oxygen atoms in total. The number of benzene rings is 2. The van der Waals surface area contributed by atoms with E-state index in [9.17, 15) is 19.8 Å².